The lowest BCUT2D eigenvalue weighted by atomic mass is 10.3. The van der Waals surface area contributed by atoms with Gasteiger partial charge in [-0.1, -0.05) is 0 Å². The number of hydrogen-bond acceptors (Lipinski definition) is 3. The topological polar surface area (TPSA) is 30.7 Å². The summed E-state index contributed by atoms with van der Waals surface area (Å²) in [5.41, 5.74) is 1.33. The zero-order valence-corrected chi connectivity index (χ0v) is 10.3. The van der Waals surface area contributed by atoms with Crippen LogP contribution in [-0.4, -0.2) is 14.8 Å². The van der Waals surface area contributed by atoms with Crippen molar-refractivity contribution in [3.63, 3.8) is 0 Å². The van der Waals surface area contributed by atoms with Gasteiger partial charge in [0.05, 0.1) is 4.88 Å². The third-order valence-electron chi connectivity index (χ3n) is 2.52. The predicted molar refractivity (Wildman–Crippen MR) is 63.2 cm³/mol. The number of rotatable bonds is 2. The zero-order chi connectivity index (χ0) is 11.0. The molecule has 0 saturated carbocycles. The molecule has 0 radical (unpaired) electrons. The first-order chi connectivity index (χ1) is 7.09. The molecule has 4 heteroatoms. The van der Waals surface area contributed by atoms with Crippen molar-refractivity contribution in [2.45, 2.75) is 33.7 Å². The van der Waals surface area contributed by atoms with Gasteiger partial charge in [-0.05, 0) is 39.3 Å². The molecule has 0 saturated heterocycles. The first-order valence-electron chi connectivity index (χ1n) is 5.06. The molecule has 0 fully saturated rings. The maximum atomic E-state index is 4.19. The summed E-state index contributed by atoms with van der Waals surface area (Å²) >= 11 is 1.78. The van der Waals surface area contributed by atoms with Crippen LogP contribution in [0.4, 0.5) is 0 Å². The summed E-state index contributed by atoms with van der Waals surface area (Å²) in [5, 5.41) is 8.16. The molecule has 2 aromatic rings. The first kappa shape index (κ1) is 10.4. The van der Waals surface area contributed by atoms with Gasteiger partial charge in [-0.15, -0.1) is 21.5 Å². The highest BCUT2D eigenvalue weighted by Gasteiger charge is 2.12. The quantitative estimate of drug-likeness (QED) is 0.779. The maximum Gasteiger partial charge on any atom is 0.174 e. The van der Waals surface area contributed by atoms with Gasteiger partial charge in [0.25, 0.3) is 0 Å². The van der Waals surface area contributed by atoms with Gasteiger partial charge < -0.3 is 4.57 Å². The van der Waals surface area contributed by atoms with Crippen molar-refractivity contribution in [3.8, 4) is 10.7 Å². The van der Waals surface area contributed by atoms with E-state index in [1.165, 1.54) is 15.3 Å². The number of thiophene rings is 1. The van der Waals surface area contributed by atoms with Crippen LogP contribution in [0.5, 0.6) is 0 Å². The molecule has 0 aliphatic rings. The molecule has 0 atom stereocenters. The van der Waals surface area contributed by atoms with Crippen LogP contribution in [0.2, 0.25) is 0 Å². The average Bonchev–Trinajstić information content (AvgIpc) is 2.73. The van der Waals surface area contributed by atoms with Crippen LogP contribution in [0.25, 0.3) is 10.7 Å². The standard InChI is InChI=1S/C11H15N3S/c1-7(2)14-6-12-13-11(14)10-5-8(3)9(4)15-10/h5-7H,1-4H3. The van der Waals surface area contributed by atoms with Gasteiger partial charge in [-0.3, -0.25) is 0 Å². The molecule has 2 aromatic heterocycles. The molecule has 2 heterocycles. The Kier molecular flexibility index (Phi) is 2.61. The molecule has 0 N–H and O–H groups in total. The molecule has 0 aliphatic heterocycles. The normalized spacial score (nSPS) is 11.3. The fraction of sp³-hybridized carbons (Fsp3) is 0.455. The maximum absolute atomic E-state index is 4.19. The highest BCUT2D eigenvalue weighted by atomic mass is 32.1. The number of nitrogens with zero attached hydrogens (tertiary/aromatic N) is 3. The van der Waals surface area contributed by atoms with Gasteiger partial charge in [0, 0.05) is 10.9 Å². The van der Waals surface area contributed by atoms with Gasteiger partial charge in [0.15, 0.2) is 5.82 Å². The Bertz CT molecular complexity index is 448. The van der Waals surface area contributed by atoms with Crippen LogP contribution in [0.15, 0.2) is 12.4 Å². The van der Waals surface area contributed by atoms with Crippen LogP contribution in [0.1, 0.15) is 30.3 Å². The van der Waals surface area contributed by atoms with Crippen molar-refractivity contribution >= 4 is 11.3 Å². The largest absolute Gasteiger partial charge is 0.310 e. The van der Waals surface area contributed by atoms with Crippen LogP contribution in [0.3, 0.4) is 0 Å². The Hall–Kier alpha value is -1.16. The van der Waals surface area contributed by atoms with Crippen LogP contribution in [0, 0.1) is 13.8 Å². The van der Waals surface area contributed by atoms with E-state index in [1.807, 2.05) is 0 Å². The molecule has 0 unspecified atom stereocenters. The molecule has 15 heavy (non-hydrogen) atoms. The van der Waals surface area contributed by atoms with Crippen molar-refractivity contribution in [1.82, 2.24) is 14.8 Å². The lowest BCUT2D eigenvalue weighted by molar-refractivity contribution is 0.604. The third kappa shape index (κ3) is 1.81. The molecule has 80 valence electrons. The molecule has 0 bridgehead atoms. The minimum Gasteiger partial charge on any atom is -0.310 e. The summed E-state index contributed by atoms with van der Waals surface area (Å²) < 4.78 is 2.10. The van der Waals surface area contributed by atoms with Crippen LogP contribution < -0.4 is 0 Å². The van der Waals surface area contributed by atoms with Crippen LogP contribution >= 0.6 is 11.3 Å². The summed E-state index contributed by atoms with van der Waals surface area (Å²) in [6, 6.07) is 2.58. The van der Waals surface area contributed by atoms with Crippen molar-refractivity contribution < 1.29 is 0 Å². The van der Waals surface area contributed by atoms with Gasteiger partial charge >= 0.3 is 0 Å². The zero-order valence-electron chi connectivity index (χ0n) is 9.48. The average molecular weight is 221 g/mol. The molecule has 0 aromatic carbocycles. The fourth-order valence-corrected chi connectivity index (χ4v) is 2.50. The summed E-state index contributed by atoms with van der Waals surface area (Å²) in [7, 11) is 0. The van der Waals surface area contributed by atoms with E-state index in [4.69, 9.17) is 0 Å². The van der Waals surface area contributed by atoms with E-state index >= 15 is 0 Å². The molecular weight excluding hydrogens is 206 g/mol. The molecule has 0 spiro atoms. The van der Waals surface area contributed by atoms with E-state index in [-0.39, 0.29) is 0 Å². The summed E-state index contributed by atoms with van der Waals surface area (Å²) in [4.78, 5) is 2.56. The third-order valence-corrected chi connectivity index (χ3v) is 3.66. The molecule has 2 rings (SSSR count). The van der Waals surface area contributed by atoms with E-state index in [0.717, 1.165) is 5.82 Å². The van der Waals surface area contributed by atoms with E-state index < -0.39 is 0 Å². The van der Waals surface area contributed by atoms with Gasteiger partial charge in [0.2, 0.25) is 0 Å². The SMILES string of the molecule is Cc1cc(-c2nncn2C(C)C)sc1C. The van der Waals surface area contributed by atoms with E-state index in [9.17, 15) is 0 Å². The van der Waals surface area contributed by atoms with E-state index in [2.05, 4.69) is 48.5 Å². The smallest absolute Gasteiger partial charge is 0.174 e. The Morgan fingerprint density at radius 3 is 2.60 bits per heavy atom. The van der Waals surface area contributed by atoms with E-state index in [1.54, 1.807) is 17.7 Å². The summed E-state index contributed by atoms with van der Waals surface area (Å²) in [6.45, 7) is 8.55. The Labute approximate surface area is 93.8 Å². The predicted octanol–water partition coefficient (Wildman–Crippen LogP) is 3.20. The lowest BCUT2D eigenvalue weighted by Gasteiger charge is -2.07. The minimum atomic E-state index is 0.401. The second kappa shape index (κ2) is 3.77. The summed E-state index contributed by atoms with van der Waals surface area (Å²) in [5.74, 6) is 0.978. The van der Waals surface area contributed by atoms with Crippen molar-refractivity contribution in [1.29, 1.82) is 0 Å². The molecular formula is C11H15N3S. The fourth-order valence-electron chi connectivity index (χ4n) is 1.48. The Balaban J connectivity index is 2.49. The monoisotopic (exact) mass is 221 g/mol. The van der Waals surface area contributed by atoms with Gasteiger partial charge in [-0.25, -0.2) is 0 Å². The molecule has 0 aliphatic carbocycles. The number of aryl methyl sites for hydroxylation is 2. The second-order valence-corrected chi connectivity index (χ2v) is 5.26. The number of aromatic nitrogens is 3. The van der Waals surface area contributed by atoms with Crippen molar-refractivity contribution in [3.05, 3.63) is 22.8 Å². The number of hydrogen-bond donors (Lipinski definition) is 0. The Morgan fingerprint density at radius 2 is 2.07 bits per heavy atom. The van der Waals surface area contributed by atoms with Crippen LogP contribution in [-0.2, 0) is 0 Å². The second-order valence-electron chi connectivity index (χ2n) is 4.01. The summed E-state index contributed by atoms with van der Waals surface area (Å²) in [6.07, 6.45) is 1.80. The molecule has 0 amide bonds. The minimum absolute atomic E-state index is 0.401. The molecule has 3 nitrogen and oxygen atoms in total. The highest BCUT2D eigenvalue weighted by Crippen LogP contribution is 2.30. The first-order valence-corrected chi connectivity index (χ1v) is 5.88. The van der Waals surface area contributed by atoms with Gasteiger partial charge in [0.1, 0.15) is 6.33 Å². The van der Waals surface area contributed by atoms with E-state index in [0.29, 0.717) is 6.04 Å². The van der Waals surface area contributed by atoms with Crippen molar-refractivity contribution in [2.75, 3.05) is 0 Å². The lowest BCUT2D eigenvalue weighted by Crippen LogP contribution is -2.00. The Morgan fingerprint density at radius 1 is 1.33 bits per heavy atom. The van der Waals surface area contributed by atoms with Gasteiger partial charge in [-0.2, -0.15) is 0 Å². The van der Waals surface area contributed by atoms with Crippen molar-refractivity contribution in [2.24, 2.45) is 0 Å². The highest BCUT2D eigenvalue weighted by molar-refractivity contribution is 7.15.